The highest BCUT2D eigenvalue weighted by Crippen LogP contribution is 2.18. The van der Waals surface area contributed by atoms with Crippen molar-refractivity contribution in [1.82, 2.24) is 5.43 Å². The molecule has 21 heavy (non-hydrogen) atoms. The maximum atomic E-state index is 12.7. The zero-order valence-corrected chi connectivity index (χ0v) is 10.9. The summed E-state index contributed by atoms with van der Waals surface area (Å²) in [5, 5.41) is 4.66. The minimum absolute atomic E-state index is 0.187. The SMILES string of the molecule is O=C(N/N=C\c1ccc(F)cc1)c1cc2ccccc2o1. The predicted octanol–water partition coefficient (Wildman–Crippen LogP) is 3.34. The first kappa shape index (κ1) is 13.1. The van der Waals surface area contributed by atoms with E-state index >= 15 is 0 Å². The average Bonchev–Trinajstić information content (AvgIpc) is 2.93. The van der Waals surface area contributed by atoms with Gasteiger partial charge in [-0.3, -0.25) is 4.79 Å². The Morgan fingerprint density at radius 1 is 1.14 bits per heavy atom. The van der Waals surface area contributed by atoms with Crippen LogP contribution in [0.15, 0.2) is 64.1 Å². The van der Waals surface area contributed by atoms with Crippen LogP contribution in [0.1, 0.15) is 16.1 Å². The van der Waals surface area contributed by atoms with E-state index in [1.165, 1.54) is 18.3 Å². The van der Waals surface area contributed by atoms with Crippen LogP contribution >= 0.6 is 0 Å². The van der Waals surface area contributed by atoms with Gasteiger partial charge in [0, 0.05) is 5.39 Å². The summed E-state index contributed by atoms with van der Waals surface area (Å²) in [4.78, 5) is 11.9. The lowest BCUT2D eigenvalue weighted by atomic mass is 10.2. The molecule has 3 rings (SSSR count). The molecule has 5 heteroatoms. The van der Waals surface area contributed by atoms with Crippen molar-refractivity contribution in [2.24, 2.45) is 5.10 Å². The second-order valence-electron chi connectivity index (χ2n) is 4.40. The number of furan rings is 1. The highest BCUT2D eigenvalue weighted by molar-refractivity contribution is 5.96. The van der Waals surface area contributed by atoms with Gasteiger partial charge < -0.3 is 4.42 Å². The molecule has 3 aromatic rings. The second kappa shape index (κ2) is 5.58. The van der Waals surface area contributed by atoms with Crippen LogP contribution in [0, 0.1) is 5.82 Å². The van der Waals surface area contributed by atoms with Crippen molar-refractivity contribution >= 4 is 23.1 Å². The largest absolute Gasteiger partial charge is 0.451 e. The van der Waals surface area contributed by atoms with E-state index in [2.05, 4.69) is 10.5 Å². The molecule has 1 heterocycles. The van der Waals surface area contributed by atoms with Gasteiger partial charge in [0.05, 0.1) is 6.21 Å². The molecule has 0 aliphatic heterocycles. The number of para-hydroxylation sites is 1. The molecule has 0 radical (unpaired) electrons. The molecule has 0 aliphatic rings. The molecular weight excluding hydrogens is 271 g/mol. The van der Waals surface area contributed by atoms with E-state index in [1.54, 1.807) is 24.3 Å². The molecule has 104 valence electrons. The standard InChI is InChI=1S/C16H11FN2O2/c17-13-7-5-11(6-8-13)10-18-19-16(20)15-9-12-3-1-2-4-14(12)21-15/h1-10H,(H,19,20)/b18-10-. The first-order valence-electron chi connectivity index (χ1n) is 6.30. The minimum atomic E-state index is -0.440. The maximum absolute atomic E-state index is 12.7. The molecule has 0 spiro atoms. The van der Waals surface area contributed by atoms with Crippen molar-refractivity contribution in [3.8, 4) is 0 Å². The minimum Gasteiger partial charge on any atom is -0.451 e. The molecule has 2 aromatic carbocycles. The highest BCUT2D eigenvalue weighted by atomic mass is 19.1. The van der Waals surface area contributed by atoms with Gasteiger partial charge in [0.25, 0.3) is 0 Å². The Hall–Kier alpha value is -2.95. The number of carbonyl (C=O) groups excluding carboxylic acids is 1. The van der Waals surface area contributed by atoms with E-state index in [0.717, 1.165) is 5.39 Å². The molecule has 0 atom stereocenters. The van der Waals surface area contributed by atoms with Crippen molar-refractivity contribution in [2.45, 2.75) is 0 Å². The molecule has 0 fully saturated rings. The lowest BCUT2D eigenvalue weighted by molar-refractivity contribution is 0.0929. The Morgan fingerprint density at radius 3 is 2.67 bits per heavy atom. The zero-order chi connectivity index (χ0) is 14.7. The second-order valence-corrected chi connectivity index (χ2v) is 4.40. The summed E-state index contributed by atoms with van der Waals surface area (Å²) in [7, 11) is 0. The van der Waals surface area contributed by atoms with E-state index in [0.29, 0.717) is 11.1 Å². The molecule has 0 bridgehead atoms. The topological polar surface area (TPSA) is 54.6 Å². The van der Waals surface area contributed by atoms with E-state index in [1.807, 2.05) is 18.2 Å². The first-order chi connectivity index (χ1) is 10.2. The first-order valence-corrected chi connectivity index (χ1v) is 6.30. The van der Waals surface area contributed by atoms with Crippen LogP contribution in [-0.2, 0) is 0 Å². The number of fused-ring (bicyclic) bond motifs is 1. The van der Waals surface area contributed by atoms with Crippen LogP contribution < -0.4 is 5.43 Å². The molecular formula is C16H11FN2O2. The van der Waals surface area contributed by atoms with E-state index < -0.39 is 5.91 Å². The molecule has 1 N–H and O–H groups in total. The average molecular weight is 282 g/mol. The number of hydrogen-bond acceptors (Lipinski definition) is 3. The fourth-order valence-corrected chi connectivity index (χ4v) is 1.86. The van der Waals surface area contributed by atoms with Gasteiger partial charge in [-0.05, 0) is 29.8 Å². The predicted molar refractivity (Wildman–Crippen MR) is 77.7 cm³/mol. The summed E-state index contributed by atoms with van der Waals surface area (Å²) >= 11 is 0. The number of nitrogens with zero attached hydrogens (tertiary/aromatic N) is 1. The summed E-state index contributed by atoms with van der Waals surface area (Å²) < 4.78 is 18.1. The van der Waals surface area contributed by atoms with Crippen LogP contribution in [0.2, 0.25) is 0 Å². The van der Waals surface area contributed by atoms with E-state index in [4.69, 9.17) is 4.42 Å². The highest BCUT2D eigenvalue weighted by Gasteiger charge is 2.10. The Kier molecular flexibility index (Phi) is 3.47. The normalized spacial score (nSPS) is 11.1. The van der Waals surface area contributed by atoms with Crippen molar-refractivity contribution in [1.29, 1.82) is 0 Å². The van der Waals surface area contributed by atoms with Gasteiger partial charge in [-0.1, -0.05) is 30.3 Å². The number of halogens is 1. The Bertz CT molecular complexity index is 774. The summed E-state index contributed by atoms with van der Waals surface area (Å²) in [6, 6.07) is 14.8. The number of amides is 1. The Morgan fingerprint density at radius 2 is 1.90 bits per heavy atom. The van der Waals surface area contributed by atoms with Crippen LogP contribution in [0.4, 0.5) is 4.39 Å². The lowest BCUT2D eigenvalue weighted by Gasteiger charge is -1.95. The van der Waals surface area contributed by atoms with Crippen molar-refractivity contribution in [2.75, 3.05) is 0 Å². The van der Waals surface area contributed by atoms with Gasteiger partial charge in [0.1, 0.15) is 11.4 Å². The smallest absolute Gasteiger partial charge is 0.307 e. The van der Waals surface area contributed by atoms with E-state index in [-0.39, 0.29) is 11.6 Å². The summed E-state index contributed by atoms with van der Waals surface area (Å²) in [6.07, 6.45) is 1.43. The monoisotopic (exact) mass is 282 g/mol. The summed E-state index contributed by atoms with van der Waals surface area (Å²) in [5.41, 5.74) is 3.69. The third-order valence-corrected chi connectivity index (χ3v) is 2.90. The maximum Gasteiger partial charge on any atom is 0.307 e. The molecule has 4 nitrogen and oxygen atoms in total. The number of hydrogen-bond donors (Lipinski definition) is 1. The number of nitrogens with one attached hydrogen (secondary N) is 1. The van der Waals surface area contributed by atoms with Gasteiger partial charge in [-0.15, -0.1) is 0 Å². The summed E-state index contributed by atoms with van der Waals surface area (Å²) in [6.45, 7) is 0. The van der Waals surface area contributed by atoms with Gasteiger partial charge in [0.15, 0.2) is 5.76 Å². The van der Waals surface area contributed by atoms with Gasteiger partial charge in [0.2, 0.25) is 0 Å². The van der Waals surface area contributed by atoms with Crippen LogP contribution in [-0.4, -0.2) is 12.1 Å². The lowest BCUT2D eigenvalue weighted by Crippen LogP contribution is -2.16. The van der Waals surface area contributed by atoms with Crippen molar-refractivity contribution in [3.05, 3.63) is 71.7 Å². The molecule has 0 saturated carbocycles. The summed E-state index contributed by atoms with van der Waals surface area (Å²) in [5.74, 6) is -0.574. The van der Waals surface area contributed by atoms with Gasteiger partial charge in [-0.2, -0.15) is 5.10 Å². The molecule has 0 aliphatic carbocycles. The Balaban J connectivity index is 1.70. The molecule has 0 saturated heterocycles. The van der Waals surface area contributed by atoms with Crippen LogP contribution in [0.3, 0.4) is 0 Å². The van der Waals surface area contributed by atoms with Gasteiger partial charge >= 0.3 is 5.91 Å². The van der Waals surface area contributed by atoms with Crippen molar-refractivity contribution < 1.29 is 13.6 Å². The zero-order valence-electron chi connectivity index (χ0n) is 10.9. The Labute approximate surface area is 119 Å². The fraction of sp³-hybridized carbons (Fsp3) is 0. The van der Waals surface area contributed by atoms with Crippen LogP contribution in [0.25, 0.3) is 11.0 Å². The van der Waals surface area contributed by atoms with Crippen molar-refractivity contribution in [3.63, 3.8) is 0 Å². The number of rotatable bonds is 3. The number of carbonyl (C=O) groups is 1. The van der Waals surface area contributed by atoms with E-state index in [9.17, 15) is 9.18 Å². The third-order valence-electron chi connectivity index (χ3n) is 2.90. The van der Waals surface area contributed by atoms with Crippen LogP contribution in [0.5, 0.6) is 0 Å². The quantitative estimate of drug-likeness (QED) is 0.591. The number of benzene rings is 2. The molecule has 0 unspecified atom stereocenters. The molecule has 1 aromatic heterocycles. The number of hydrazone groups is 1. The fourth-order valence-electron chi connectivity index (χ4n) is 1.86. The molecule has 1 amide bonds. The van der Waals surface area contributed by atoms with Gasteiger partial charge in [-0.25, -0.2) is 9.82 Å². The third kappa shape index (κ3) is 2.97.